The quantitative estimate of drug-likeness (QED) is 0.750. The molecule has 0 bridgehead atoms. The summed E-state index contributed by atoms with van der Waals surface area (Å²) in [7, 11) is 0. The lowest BCUT2D eigenvalue weighted by molar-refractivity contribution is -0.114. The van der Waals surface area contributed by atoms with Gasteiger partial charge in [0.15, 0.2) is 5.17 Å². The number of aromatic nitrogens is 1. The van der Waals surface area contributed by atoms with Crippen LogP contribution < -0.4 is 4.74 Å². The summed E-state index contributed by atoms with van der Waals surface area (Å²) in [4.78, 5) is 18.4. The van der Waals surface area contributed by atoms with Crippen LogP contribution in [0.25, 0.3) is 11.8 Å². The molecule has 0 unspecified atom stereocenters. The van der Waals surface area contributed by atoms with Gasteiger partial charge in [0.05, 0.1) is 12.2 Å². The van der Waals surface area contributed by atoms with Crippen molar-refractivity contribution in [2.24, 2.45) is 4.99 Å². The smallest absolute Gasteiger partial charge is 0.283 e. The molecule has 1 amide bonds. The summed E-state index contributed by atoms with van der Waals surface area (Å²) >= 11 is 1.37. The standard InChI is InChI=1S/C22H22N4O2S/c1-5-28-18-8-6-17(7-9-18)25-13(2)10-16(15(25)4)11-19-20(23)26-14(3)12-29-22(26)24-21(19)27/h6-12,23H,5H2,1-4H3. The monoisotopic (exact) mass is 406 g/mol. The predicted molar refractivity (Wildman–Crippen MR) is 118 cm³/mol. The van der Waals surface area contributed by atoms with Crippen molar-refractivity contribution in [3.8, 4) is 11.4 Å². The summed E-state index contributed by atoms with van der Waals surface area (Å²) in [5.41, 5.74) is 5.17. The molecule has 0 aliphatic carbocycles. The van der Waals surface area contributed by atoms with Crippen LogP contribution in [0, 0.1) is 19.3 Å². The van der Waals surface area contributed by atoms with E-state index in [1.54, 1.807) is 11.0 Å². The SMILES string of the molecule is CCOc1ccc(-n2c(C)cc(C=C3C(=N)N4C(C)=CSC4=NC3=O)c2C)cc1. The summed E-state index contributed by atoms with van der Waals surface area (Å²) in [6.45, 7) is 8.55. The first-order valence-corrected chi connectivity index (χ1v) is 10.3. The Kier molecular flexibility index (Phi) is 4.92. The Labute approximate surface area is 174 Å². The lowest BCUT2D eigenvalue weighted by atomic mass is 10.1. The second kappa shape index (κ2) is 7.40. The number of nitrogens with zero attached hydrogens (tertiary/aromatic N) is 3. The van der Waals surface area contributed by atoms with E-state index < -0.39 is 0 Å². The Balaban J connectivity index is 1.72. The molecule has 0 saturated carbocycles. The van der Waals surface area contributed by atoms with Gasteiger partial charge in [-0.25, -0.2) is 0 Å². The third-order valence-corrected chi connectivity index (χ3v) is 5.90. The van der Waals surface area contributed by atoms with Crippen molar-refractivity contribution in [2.45, 2.75) is 27.7 Å². The molecule has 0 saturated heterocycles. The van der Waals surface area contributed by atoms with Crippen LogP contribution in [0.5, 0.6) is 5.75 Å². The molecular formula is C22H22N4O2S. The molecule has 7 heteroatoms. The van der Waals surface area contributed by atoms with Crippen molar-refractivity contribution in [1.82, 2.24) is 9.47 Å². The number of aryl methyl sites for hydroxylation is 1. The van der Waals surface area contributed by atoms with Crippen LogP contribution in [0.1, 0.15) is 30.8 Å². The van der Waals surface area contributed by atoms with Crippen LogP contribution >= 0.6 is 11.8 Å². The highest BCUT2D eigenvalue weighted by Gasteiger charge is 2.34. The number of hydrogen-bond donors (Lipinski definition) is 1. The van der Waals surface area contributed by atoms with E-state index in [0.717, 1.165) is 34.1 Å². The first kappa shape index (κ1) is 19.3. The molecule has 0 fully saturated rings. The lowest BCUT2D eigenvalue weighted by Gasteiger charge is -2.25. The molecule has 2 aliphatic rings. The highest BCUT2D eigenvalue weighted by atomic mass is 32.2. The summed E-state index contributed by atoms with van der Waals surface area (Å²) in [6.07, 6.45) is 1.77. The maximum atomic E-state index is 12.5. The van der Waals surface area contributed by atoms with Crippen molar-refractivity contribution >= 4 is 34.7 Å². The van der Waals surface area contributed by atoms with Crippen LogP contribution in [-0.2, 0) is 4.79 Å². The molecule has 0 radical (unpaired) electrons. The lowest BCUT2D eigenvalue weighted by Crippen LogP contribution is -2.37. The topological polar surface area (TPSA) is 70.7 Å². The third-order valence-electron chi connectivity index (χ3n) is 4.96. The van der Waals surface area contributed by atoms with Gasteiger partial charge in [0.1, 0.15) is 11.6 Å². The zero-order chi connectivity index (χ0) is 20.7. The third kappa shape index (κ3) is 3.31. The van der Waals surface area contributed by atoms with Crippen molar-refractivity contribution in [3.63, 3.8) is 0 Å². The molecule has 2 aromatic rings. The van der Waals surface area contributed by atoms with Crippen molar-refractivity contribution in [1.29, 1.82) is 5.41 Å². The van der Waals surface area contributed by atoms with E-state index in [1.807, 2.05) is 63.4 Å². The first-order valence-electron chi connectivity index (χ1n) is 9.40. The van der Waals surface area contributed by atoms with E-state index in [2.05, 4.69) is 9.56 Å². The van der Waals surface area contributed by atoms with Crippen molar-refractivity contribution < 1.29 is 9.53 Å². The molecule has 1 aromatic heterocycles. The second-order valence-corrected chi connectivity index (χ2v) is 7.74. The Bertz CT molecular complexity index is 1110. The van der Waals surface area contributed by atoms with Crippen LogP contribution in [0.3, 0.4) is 0 Å². The van der Waals surface area contributed by atoms with Crippen LogP contribution in [-0.4, -0.2) is 33.0 Å². The fraction of sp³-hybridized carbons (Fsp3) is 0.227. The number of rotatable bonds is 4. The van der Waals surface area contributed by atoms with E-state index in [0.29, 0.717) is 17.3 Å². The molecule has 0 spiro atoms. The number of thioether (sulfide) groups is 1. The number of carbonyl (C=O) groups excluding carboxylic acids is 1. The van der Waals surface area contributed by atoms with E-state index in [-0.39, 0.29) is 11.7 Å². The number of benzene rings is 1. The van der Waals surface area contributed by atoms with Gasteiger partial charge in [-0.05, 0) is 75.1 Å². The number of nitrogens with one attached hydrogen (secondary N) is 1. The Hall–Kier alpha value is -3.06. The summed E-state index contributed by atoms with van der Waals surface area (Å²) in [5, 5.41) is 11.0. The number of ether oxygens (including phenoxy) is 1. The number of allylic oxidation sites excluding steroid dienone is 1. The van der Waals surface area contributed by atoms with Gasteiger partial charge >= 0.3 is 0 Å². The number of carbonyl (C=O) groups is 1. The molecule has 2 aliphatic heterocycles. The van der Waals surface area contributed by atoms with Gasteiger partial charge in [0.2, 0.25) is 0 Å². The largest absolute Gasteiger partial charge is 0.494 e. The Morgan fingerprint density at radius 1 is 1.21 bits per heavy atom. The van der Waals surface area contributed by atoms with Crippen LogP contribution in [0.2, 0.25) is 0 Å². The molecule has 6 nitrogen and oxygen atoms in total. The van der Waals surface area contributed by atoms with Gasteiger partial charge in [0, 0.05) is 22.8 Å². The Morgan fingerprint density at radius 2 is 1.93 bits per heavy atom. The summed E-state index contributed by atoms with van der Waals surface area (Å²) in [6, 6.07) is 9.96. The number of hydrogen-bond acceptors (Lipinski definition) is 4. The van der Waals surface area contributed by atoms with Gasteiger partial charge in [-0.15, -0.1) is 0 Å². The number of amidine groups is 2. The fourth-order valence-electron chi connectivity index (χ4n) is 3.59. The molecule has 3 heterocycles. The normalized spacial score (nSPS) is 17.5. The van der Waals surface area contributed by atoms with Crippen molar-refractivity contribution in [3.05, 3.63) is 64.0 Å². The van der Waals surface area contributed by atoms with Gasteiger partial charge in [-0.2, -0.15) is 4.99 Å². The van der Waals surface area contributed by atoms with Gasteiger partial charge in [0.25, 0.3) is 5.91 Å². The maximum Gasteiger partial charge on any atom is 0.283 e. The predicted octanol–water partition coefficient (Wildman–Crippen LogP) is 4.66. The number of fused-ring (bicyclic) bond motifs is 1. The van der Waals surface area contributed by atoms with Gasteiger partial charge in [-0.3, -0.25) is 15.1 Å². The zero-order valence-electron chi connectivity index (χ0n) is 16.8. The minimum Gasteiger partial charge on any atom is -0.494 e. The van der Waals surface area contributed by atoms with E-state index >= 15 is 0 Å². The van der Waals surface area contributed by atoms with E-state index in [9.17, 15) is 4.79 Å². The first-order chi connectivity index (χ1) is 13.9. The van der Waals surface area contributed by atoms with E-state index in [4.69, 9.17) is 10.1 Å². The highest BCUT2D eigenvalue weighted by Crippen LogP contribution is 2.32. The molecule has 0 atom stereocenters. The van der Waals surface area contributed by atoms with Gasteiger partial charge < -0.3 is 9.30 Å². The minimum absolute atomic E-state index is 0.171. The fourth-order valence-corrected chi connectivity index (χ4v) is 4.44. The van der Waals surface area contributed by atoms with Crippen LogP contribution in [0.15, 0.2) is 52.0 Å². The molecule has 29 heavy (non-hydrogen) atoms. The number of amides is 1. The van der Waals surface area contributed by atoms with Crippen LogP contribution in [0.4, 0.5) is 0 Å². The summed E-state index contributed by atoms with van der Waals surface area (Å²) < 4.78 is 7.66. The van der Waals surface area contributed by atoms with Gasteiger partial charge in [-0.1, -0.05) is 11.8 Å². The average molecular weight is 407 g/mol. The minimum atomic E-state index is -0.372. The highest BCUT2D eigenvalue weighted by molar-refractivity contribution is 8.16. The summed E-state index contributed by atoms with van der Waals surface area (Å²) in [5.74, 6) is 0.634. The molecular weight excluding hydrogens is 384 g/mol. The second-order valence-electron chi connectivity index (χ2n) is 6.91. The number of aliphatic imine (C=N–C) groups is 1. The molecule has 1 aromatic carbocycles. The Morgan fingerprint density at radius 3 is 2.62 bits per heavy atom. The molecule has 4 rings (SSSR count). The van der Waals surface area contributed by atoms with E-state index in [1.165, 1.54) is 11.8 Å². The van der Waals surface area contributed by atoms with Crippen molar-refractivity contribution in [2.75, 3.05) is 6.61 Å². The average Bonchev–Trinajstić information content (AvgIpc) is 3.19. The maximum absolute atomic E-state index is 12.5. The zero-order valence-corrected chi connectivity index (χ0v) is 17.6. The molecule has 1 N–H and O–H groups in total. The molecule has 148 valence electrons.